The van der Waals surface area contributed by atoms with Gasteiger partial charge in [0.05, 0.1) is 6.04 Å². The molecule has 1 atom stereocenters. The maximum atomic E-state index is 5.78. The van der Waals surface area contributed by atoms with Crippen molar-refractivity contribution >= 4 is 11.6 Å². The van der Waals surface area contributed by atoms with Crippen LogP contribution in [0.4, 0.5) is 0 Å². The van der Waals surface area contributed by atoms with Crippen molar-refractivity contribution in [3.8, 4) is 11.7 Å². The van der Waals surface area contributed by atoms with E-state index in [0.29, 0.717) is 16.9 Å². The lowest BCUT2D eigenvalue weighted by atomic mass is 10.1. The highest BCUT2D eigenvalue weighted by Gasteiger charge is 2.26. The lowest BCUT2D eigenvalue weighted by molar-refractivity contribution is 0.155. The van der Waals surface area contributed by atoms with E-state index in [1.165, 1.54) is 0 Å². The molecule has 1 unspecified atom stereocenters. The molecular weight excluding hydrogens is 292 g/mol. The maximum Gasteiger partial charge on any atom is 0.293 e. The van der Waals surface area contributed by atoms with Crippen LogP contribution in [0.3, 0.4) is 0 Å². The topological polar surface area (TPSA) is 67.3 Å². The Labute approximate surface area is 128 Å². The van der Waals surface area contributed by atoms with Crippen molar-refractivity contribution in [1.82, 2.24) is 20.4 Å². The summed E-state index contributed by atoms with van der Waals surface area (Å²) in [6, 6.07) is 3.60. The van der Waals surface area contributed by atoms with Crippen LogP contribution in [0, 0.1) is 0 Å². The number of aromatic nitrogens is 2. The molecule has 3 rings (SSSR count). The highest BCUT2D eigenvalue weighted by atomic mass is 35.5. The van der Waals surface area contributed by atoms with Crippen LogP contribution in [0.25, 0.3) is 11.7 Å². The number of rotatable bonds is 5. The van der Waals surface area contributed by atoms with Crippen molar-refractivity contribution in [1.29, 1.82) is 0 Å². The molecule has 3 heterocycles. The van der Waals surface area contributed by atoms with E-state index in [2.05, 4.69) is 27.3 Å². The molecule has 1 fully saturated rings. The van der Waals surface area contributed by atoms with Crippen molar-refractivity contribution in [2.75, 3.05) is 26.2 Å². The highest BCUT2D eigenvalue weighted by molar-refractivity contribution is 6.28. The molecule has 1 aliphatic heterocycles. The second-order valence-corrected chi connectivity index (χ2v) is 5.52. The van der Waals surface area contributed by atoms with Gasteiger partial charge in [-0.2, -0.15) is 4.98 Å². The van der Waals surface area contributed by atoms with E-state index < -0.39 is 0 Å². The van der Waals surface area contributed by atoms with Gasteiger partial charge in [-0.25, -0.2) is 0 Å². The molecule has 0 amide bonds. The Morgan fingerprint density at radius 3 is 2.86 bits per heavy atom. The number of nitrogens with zero attached hydrogens (tertiary/aromatic N) is 3. The molecule has 114 valence electrons. The predicted octanol–water partition coefficient (Wildman–Crippen LogP) is 2.73. The Kier molecular flexibility index (Phi) is 4.57. The summed E-state index contributed by atoms with van der Waals surface area (Å²) in [5.74, 6) is 1.61. The van der Waals surface area contributed by atoms with E-state index in [9.17, 15) is 0 Å². The quantitative estimate of drug-likeness (QED) is 0.916. The number of piperazine rings is 1. The molecule has 2 aromatic heterocycles. The Bertz CT molecular complexity index is 577. The molecule has 0 aliphatic carbocycles. The monoisotopic (exact) mass is 310 g/mol. The Morgan fingerprint density at radius 1 is 1.38 bits per heavy atom. The average molecular weight is 311 g/mol. The standard InChI is InChI=1S/C14H19ClN4O2/c1-2-3-10(19-8-6-16-7-9-19)13-17-14(21-18-13)11-4-5-12(15)20-11/h4-5,10,16H,2-3,6-9H2,1H3. The molecule has 1 aliphatic rings. The Balaban J connectivity index is 1.81. The number of nitrogens with one attached hydrogen (secondary N) is 1. The third kappa shape index (κ3) is 3.28. The molecule has 7 heteroatoms. The summed E-state index contributed by atoms with van der Waals surface area (Å²) in [5.41, 5.74) is 0. The first-order valence-corrected chi connectivity index (χ1v) is 7.70. The molecule has 0 bridgehead atoms. The summed E-state index contributed by atoms with van der Waals surface area (Å²) in [6.45, 7) is 6.17. The van der Waals surface area contributed by atoms with Crippen molar-refractivity contribution < 1.29 is 8.94 Å². The maximum absolute atomic E-state index is 5.78. The van der Waals surface area contributed by atoms with Gasteiger partial charge in [-0.05, 0) is 30.2 Å². The zero-order chi connectivity index (χ0) is 14.7. The van der Waals surface area contributed by atoms with Crippen molar-refractivity contribution in [2.24, 2.45) is 0 Å². The van der Waals surface area contributed by atoms with Gasteiger partial charge in [-0.3, -0.25) is 4.90 Å². The minimum absolute atomic E-state index is 0.194. The SMILES string of the molecule is CCCC(c1noc(-c2ccc(Cl)o2)n1)N1CCNCC1. The van der Waals surface area contributed by atoms with Crippen molar-refractivity contribution in [3.63, 3.8) is 0 Å². The van der Waals surface area contributed by atoms with Crippen LogP contribution >= 0.6 is 11.6 Å². The van der Waals surface area contributed by atoms with Crippen LogP contribution in [-0.2, 0) is 0 Å². The van der Waals surface area contributed by atoms with Gasteiger partial charge in [-0.15, -0.1) is 0 Å². The third-order valence-electron chi connectivity index (χ3n) is 3.68. The number of halogens is 1. The zero-order valence-electron chi connectivity index (χ0n) is 12.0. The Morgan fingerprint density at radius 2 is 2.19 bits per heavy atom. The van der Waals surface area contributed by atoms with E-state index in [0.717, 1.165) is 44.8 Å². The van der Waals surface area contributed by atoms with Crippen molar-refractivity contribution in [3.05, 3.63) is 23.2 Å². The molecule has 6 nitrogen and oxygen atoms in total. The van der Waals surface area contributed by atoms with Gasteiger partial charge >= 0.3 is 0 Å². The third-order valence-corrected chi connectivity index (χ3v) is 3.88. The second kappa shape index (κ2) is 6.60. The fraction of sp³-hybridized carbons (Fsp3) is 0.571. The van der Waals surface area contributed by atoms with E-state index in [4.69, 9.17) is 20.5 Å². The average Bonchev–Trinajstić information content (AvgIpc) is 3.14. The van der Waals surface area contributed by atoms with Gasteiger partial charge in [0, 0.05) is 26.2 Å². The summed E-state index contributed by atoms with van der Waals surface area (Å²) in [5, 5.41) is 7.82. The summed E-state index contributed by atoms with van der Waals surface area (Å²) in [4.78, 5) is 6.90. The largest absolute Gasteiger partial charge is 0.440 e. The lowest BCUT2D eigenvalue weighted by Crippen LogP contribution is -2.45. The Hall–Kier alpha value is -1.37. The zero-order valence-corrected chi connectivity index (χ0v) is 12.8. The number of hydrogen-bond donors (Lipinski definition) is 1. The fourth-order valence-corrected chi connectivity index (χ4v) is 2.79. The van der Waals surface area contributed by atoms with E-state index in [-0.39, 0.29) is 6.04 Å². The molecule has 0 spiro atoms. The summed E-state index contributed by atoms with van der Waals surface area (Å²) >= 11 is 5.78. The molecule has 1 saturated heterocycles. The molecular formula is C14H19ClN4O2. The van der Waals surface area contributed by atoms with Gasteiger partial charge in [0.1, 0.15) is 0 Å². The first-order valence-electron chi connectivity index (χ1n) is 7.32. The molecule has 21 heavy (non-hydrogen) atoms. The van der Waals surface area contributed by atoms with Gasteiger partial charge in [0.15, 0.2) is 16.8 Å². The van der Waals surface area contributed by atoms with Gasteiger partial charge in [0.25, 0.3) is 5.89 Å². The van der Waals surface area contributed by atoms with Crippen LogP contribution in [-0.4, -0.2) is 41.2 Å². The highest BCUT2D eigenvalue weighted by Crippen LogP contribution is 2.28. The normalized spacial score (nSPS) is 18.0. The van der Waals surface area contributed by atoms with Gasteiger partial charge in [0.2, 0.25) is 0 Å². The van der Waals surface area contributed by atoms with E-state index in [1.54, 1.807) is 12.1 Å². The minimum Gasteiger partial charge on any atom is -0.440 e. The van der Waals surface area contributed by atoms with Crippen LogP contribution in [0.1, 0.15) is 31.6 Å². The van der Waals surface area contributed by atoms with Crippen LogP contribution < -0.4 is 5.32 Å². The molecule has 2 aromatic rings. The second-order valence-electron chi connectivity index (χ2n) is 5.15. The molecule has 0 saturated carbocycles. The summed E-state index contributed by atoms with van der Waals surface area (Å²) in [6.07, 6.45) is 2.09. The van der Waals surface area contributed by atoms with Gasteiger partial charge < -0.3 is 14.3 Å². The van der Waals surface area contributed by atoms with E-state index in [1.807, 2.05) is 0 Å². The fourth-order valence-electron chi connectivity index (χ4n) is 2.64. The van der Waals surface area contributed by atoms with Crippen LogP contribution in [0.15, 0.2) is 21.1 Å². The molecule has 1 N–H and O–H groups in total. The van der Waals surface area contributed by atoms with Crippen LogP contribution in [0.2, 0.25) is 5.22 Å². The van der Waals surface area contributed by atoms with E-state index >= 15 is 0 Å². The lowest BCUT2D eigenvalue weighted by Gasteiger charge is -2.32. The number of furan rings is 1. The first-order chi connectivity index (χ1) is 10.3. The molecule has 0 aromatic carbocycles. The first kappa shape index (κ1) is 14.6. The summed E-state index contributed by atoms with van der Waals surface area (Å²) < 4.78 is 10.6. The minimum atomic E-state index is 0.194. The number of hydrogen-bond acceptors (Lipinski definition) is 6. The summed E-state index contributed by atoms with van der Waals surface area (Å²) in [7, 11) is 0. The van der Waals surface area contributed by atoms with Crippen LogP contribution in [0.5, 0.6) is 0 Å². The molecule has 0 radical (unpaired) electrons. The smallest absolute Gasteiger partial charge is 0.293 e. The predicted molar refractivity (Wildman–Crippen MR) is 79.1 cm³/mol. The van der Waals surface area contributed by atoms with Crippen molar-refractivity contribution in [2.45, 2.75) is 25.8 Å². The van der Waals surface area contributed by atoms with Gasteiger partial charge in [-0.1, -0.05) is 18.5 Å².